The fraction of sp³-hybridized carbons (Fsp3) is 0.889. The van der Waals surface area contributed by atoms with Crippen LogP contribution in [0, 0.1) is 0 Å². The van der Waals surface area contributed by atoms with Gasteiger partial charge in [-0.1, -0.05) is 6.92 Å². The molecule has 2 fully saturated rings. The van der Waals surface area contributed by atoms with E-state index in [4.69, 9.17) is 6.11 Å². The molecule has 0 radical (unpaired) electrons. The number of likely N-dealkylation sites (tertiary alicyclic amines) is 1. The molecule has 1 amide bonds. The highest BCUT2D eigenvalue weighted by Crippen LogP contribution is 2.41. The Kier molecular flexibility index (Phi) is 1.95. The van der Waals surface area contributed by atoms with Gasteiger partial charge in [0, 0.05) is 6.42 Å². The van der Waals surface area contributed by atoms with E-state index < -0.39 is 30.3 Å². The molecule has 3 nitrogen and oxygen atoms in total. The van der Waals surface area contributed by atoms with Crippen molar-refractivity contribution in [2.24, 2.45) is 0 Å². The van der Waals surface area contributed by atoms with Gasteiger partial charge in [-0.2, -0.15) is 13.2 Å². The molecule has 0 aromatic heterocycles. The number of rotatable bonds is 1. The van der Waals surface area contributed by atoms with Gasteiger partial charge in [0.15, 0.2) is 0 Å². The molecular weight excluding hydrogens is 211 g/mol. The second-order valence-electron chi connectivity index (χ2n) is 3.99. The minimum Gasteiger partial charge on any atom is -0.371 e. The molecule has 2 saturated heterocycles. The van der Waals surface area contributed by atoms with Crippen LogP contribution in [0.2, 0.25) is 0 Å². The molecule has 0 N–H and O–H groups in total. The first kappa shape index (κ1) is 9.45. The number of ether oxygens (including phenoxy) is 1. The maximum Gasteiger partial charge on any atom is 0.471 e. The van der Waals surface area contributed by atoms with E-state index in [1.807, 2.05) is 0 Å². The van der Waals surface area contributed by atoms with Crippen LogP contribution in [0.4, 0.5) is 13.2 Å². The van der Waals surface area contributed by atoms with Gasteiger partial charge in [-0.15, -0.1) is 0 Å². The third kappa shape index (κ3) is 1.60. The number of alkyl halides is 3. The van der Waals surface area contributed by atoms with E-state index in [-0.39, 0.29) is 6.54 Å². The van der Waals surface area contributed by atoms with E-state index >= 15 is 0 Å². The van der Waals surface area contributed by atoms with Crippen LogP contribution < -0.4 is 0 Å². The Morgan fingerprint density at radius 3 is 2.87 bits per heavy atom. The standard InChI is InChI=1S/C9H12F3NO2/c1-2-8-3-6(4-15-8)13(5-8)7(14)9(10,11)12/h6H,2-5H2,1H3/t6-,8+/m0/s1/i4T/t4-,6-,8+. The summed E-state index contributed by atoms with van der Waals surface area (Å²) < 4.78 is 49.7. The van der Waals surface area contributed by atoms with Gasteiger partial charge in [0.25, 0.3) is 0 Å². The lowest BCUT2D eigenvalue weighted by Crippen LogP contribution is -2.50. The first-order chi connectivity index (χ1) is 7.29. The van der Waals surface area contributed by atoms with Gasteiger partial charge in [-0.25, -0.2) is 0 Å². The molecule has 0 spiro atoms. The van der Waals surface area contributed by atoms with Crippen LogP contribution in [0.25, 0.3) is 0 Å². The molecule has 2 aliphatic heterocycles. The zero-order chi connectivity index (χ0) is 12.1. The third-order valence-electron chi connectivity index (χ3n) is 3.06. The summed E-state index contributed by atoms with van der Waals surface area (Å²) in [6, 6.07) is -0.755. The molecule has 0 aliphatic carbocycles. The lowest BCUT2D eigenvalue weighted by atomic mass is 10.0. The molecule has 0 aromatic carbocycles. The second kappa shape index (κ2) is 3.10. The number of morpholine rings is 1. The molecule has 2 bridgehead atoms. The summed E-state index contributed by atoms with van der Waals surface area (Å²) in [5.74, 6) is -1.85. The second-order valence-corrected chi connectivity index (χ2v) is 3.99. The molecule has 86 valence electrons. The zero-order valence-corrected chi connectivity index (χ0v) is 8.17. The Bertz CT molecular complexity index is 322. The highest BCUT2D eigenvalue weighted by Gasteiger charge is 2.56. The monoisotopic (exact) mass is 225 g/mol. The molecule has 6 heteroatoms. The Hall–Kier alpha value is -0.780. The summed E-state index contributed by atoms with van der Waals surface area (Å²) in [4.78, 5) is 11.9. The third-order valence-corrected chi connectivity index (χ3v) is 3.06. The molecule has 3 atom stereocenters. The molecular formula is C9H12F3NO2. The predicted octanol–water partition coefficient (Wildman–Crippen LogP) is 1.33. The van der Waals surface area contributed by atoms with Crippen LogP contribution in [0.5, 0.6) is 0 Å². The van der Waals surface area contributed by atoms with Crippen molar-refractivity contribution in [3.63, 3.8) is 0 Å². The minimum atomic E-state index is -4.86. The summed E-state index contributed by atoms with van der Waals surface area (Å²) >= 11 is 0. The molecule has 2 aliphatic rings. The van der Waals surface area contributed by atoms with Crippen LogP contribution in [0.15, 0.2) is 0 Å². The van der Waals surface area contributed by atoms with Crippen LogP contribution in [0.3, 0.4) is 0 Å². The highest BCUT2D eigenvalue weighted by molar-refractivity contribution is 5.82. The zero-order valence-electron chi connectivity index (χ0n) is 9.17. The Morgan fingerprint density at radius 1 is 1.73 bits per heavy atom. The van der Waals surface area contributed by atoms with Crippen molar-refractivity contribution in [3.05, 3.63) is 0 Å². The van der Waals surface area contributed by atoms with Gasteiger partial charge in [-0.3, -0.25) is 4.79 Å². The number of carbonyl (C=O) groups is 1. The highest BCUT2D eigenvalue weighted by atomic mass is 19.4. The van der Waals surface area contributed by atoms with Crippen molar-refractivity contribution >= 4 is 5.91 Å². The van der Waals surface area contributed by atoms with E-state index in [9.17, 15) is 18.0 Å². The predicted molar refractivity (Wildman–Crippen MR) is 45.1 cm³/mol. The van der Waals surface area contributed by atoms with Crippen LogP contribution in [-0.2, 0) is 9.53 Å². The quantitative estimate of drug-likeness (QED) is 0.673. The van der Waals surface area contributed by atoms with E-state index in [2.05, 4.69) is 0 Å². The normalized spacial score (nSPS) is 40.8. The van der Waals surface area contributed by atoms with Crippen molar-refractivity contribution in [2.45, 2.75) is 37.6 Å². The summed E-state index contributed by atoms with van der Waals surface area (Å²) in [6.45, 7) is 0.679. The summed E-state index contributed by atoms with van der Waals surface area (Å²) in [7, 11) is 0. The van der Waals surface area contributed by atoms with Crippen molar-refractivity contribution in [3.8, 4) is 0 Å². The number of nitrogens with zero attached hydrogens (tertiary/aromatic N) is 1. The lowest BCUT2D eigenvalue weighted by Gasteiger charge is -2.32. The van der Waals surface area contributed by atoms with Crippen LogP contribution in [-0.4, -0.2) is 41.8 Å². The Balaban J connectivity index is 2.19. The fourth-order valence-electron chi connectivity index (χ4n) is 2.14. The topological polar surface area (TPSA) is 29.5 Å². The molecule has 15 heavy (non-hydrogen) atoms. The maximum absolute atomic E-state index is 12.3. The van der Waals surface area contributed by atoms with Gasteiger partial charge in [0.1, 0.15) is 0 Å². The summed E-state index contributed by atoms with van der Waals surface area (Å²) in [5, 5.41) is 0. The number of carbonyl (C=O) groups excluding carboxylic acids is 1. The first-order valence-electron chi connectivity index (χ1n) is 5.35. The first-order valence-corrected chi connectivity index (χ1v) is 4.77. The molecule has 2 rings (SSSR count). The largest absolute Gasteiger partial charge is 0.471 e. The lowest BCUT2D eigenvalue weighted by molar-refractivity contribution is -0.191. The van der Waals surface area contributed by atoms with Crippen LogP contribution in [0.1, 0.15) is 21.1 Å². The van der Waals surface area contributed by atoms with E-state index in [0.717, 1.165) is 4.90 Å². The number of halogens is 3. The van der Waals surface area contributed by atoms with Gasteiger partial charge < -0.3 is 9.64 Å². The summed E-state index contributed by atoms with van der Waals surface area (Å²) in [6.07, 6.45) is -4.01. The number of amides is 1. The SMILES string of the molecule is [3H][C@@H]1O[C@]2(CC)C[C@@H]1N(C(=O)C(F)(F)F)C2. The van der Waals surface area contributed by atoms with Gasteiger partial charge >= 0.3 is 12.1 Å². The number of fused-ring (bicyclic) bond motifs is 2. The molecule has 2 heterocycles. The molecule has 0 aromatic rings. The van der Waals surface area contributed by atoms with E-state index in [0.29, 0.717) is 12.8 Å². The van der Waals surface area contributed by atoms with E-state index in [1.165, 1.54) is 0 Å². The summed E-state index contributed by atoms with van der Waals surface area (Å²) in [5.41, 5.74) is -0.738. The average molecular weight is 225 g/mol. The van der Waals surface area contributed by atoms with Gasteiger partial charge in [0.05, 0.1) is 26.1 Å². The van der Waals surface area contributed by atoms with Crippen molar-refractivity contribution < 1.29 is 24.1 Å². The average Bonchev–Trinajstić information content (AvgIpc) is 2.70. The van der Waals surface area contributed by atoms with Crippen molar-refractivity contribution in [2.75, 3.05) is 13.1 Å². The van der Waals surface area contributed by atoms with Crippen molar-refractivity contribution in [1.82, 2.24) is 4.90 Å². The maximum atomic E-state index is 12.3. The van der Waals surface area contributed by atoms with Crippen LogP contribution >= 0.6 is 0 Å². The van der Waals surface area contributed by atoms with Gasteiger partial charge in [0.2, 0.25) is 0 Å². The molecule has 0 unspecified atom stereocenters. The molecule has 0 saturated carbocycles. The Morgan fingerprint density at radius 2 is 2.40 bits per heavy atom. The number of hydrogen-bond donors (Lipinski definition) is 0. The Labute approximate surface area is 86.6 Å². The number of hydrogen-bond acceptors (Lipinski definition) is 2. The fourth-order valence-corrected chi connectivity index (χ4v) is 2.14. The smallest absolute Gasteiger partial charge is 0.371 e. The minimum absolute atomic E-state index is 0.0537. The van der Waals surface area contributed by atoms with Crippen molar-refractivity contribution in [1.29, 1.82) is 0 Å². The van der Waals surface area contributed by atoms with E-state index in [1.54, 1.807) is 6.92 Å². The van der Waals surface area contributed by atoms with Gasteiger partial charge in [-0.05, 0) is 6.42 Å².